The van der Waals surface area contributed by atoms with E-state index in [0.29, 0.717) is 12.1 Å². The summed E-state index contributed by atoms with van der Waals surface area (Å²) in [7, 11) is -1.72. The number of sulfonamides is 1. The van der Waals surface area contributed by atoms with E-state index < -0.39 is 10.0 Å². The lowest BCUT2D eigenvalue weighted by Gasteiger charge is -2.38. The van der Waals surface area contributed by atoms with Crippen LogP contribution >= 0.6 is 0 Å². The largest absolute Gasteiger partial charge is 0.497 e. The van der Waals surface area contributed by atoms with Gasteiger partial charge >= 0.3 is 0 Å². The Balaban J connectivity index is 1.53. The van der Waals surface area contributed by atoms with Crippen molar-refractivity contribution in [2.45, 2.75) is 18.7 Å². The number of fused-ring (bicyclic) bond motifs is 3. The van der Waals surface area contributed by atoms with Gasteiger partial charge in [-0.25, -0.2) is 13.4 Å². The molecular formula is C24H23N3O4S. The van der Waals surface area contributed by atoms with Gasteiger partial charge in [0.1, 0.15) is 11.5 Å². The monoisotopic (exact) mass is 449 g/mol. The maximum atomic E-state index is 11.6. The summed E-state index contributed by atoms with van der Waals surface area (Å²) in [5, 5.41) is 6.93. The normalized spacial score (nSPS) is 19.4. The predicted octanol–water partition coefficient (Wildman–Crippen LogP) is 4.31. The molecule has 2 atom stereocenters. The first-order chi connectivity index (χ1) is 15.4. The van der Waals surface area contributed by atoms with Gasteiger partial charge in [-0.15, -0.1) is 0 Å². The second-order valence-corrected chi connectivity index (χ2v) is 9.63. The number of hydrogen-bond donors (Lipinski definition) is 1. The smallest absolute Gasteiger partial charge is 0.229 e. The van der Waals surface area contributed by atoms with E-state index in [1.54, 1.807) is 13.2 Å². The number of nitrogens with zero attached hydrogens (tertiary/aromatic N) is 2. The number of methoxy groups -OCH3 is 1. The van der Waals surface area contributed by atoms with E-state index in [1.165, 1.54) is 0 Å². The highest BCUT2D eigenvalue weighted by Crippen LogP contribution is 2.47. The molecule has 2 aliphatic rings. The van der Waals surface area contributed by atoms with Crippen molar-refractivity contribution >= 4 is 21.4 Å². The quantitative estimate of drug-likeness (QED) is 0.628. The van der Waals surface area contributed by atoms with E-state index >= 15 is 0 Å². The van der Waals surface area contributed by atoms with Gasteiger partial charge in [-0.2, -0.15) is 5.10 Å². The molecule has 0 amide bonds. The van der Waals surface area contributed by atoms with Crippen molar-refractivity contribution in [3.8, 4) is 11.5 Å². The summed E-state index contributed by atoms with van der Waals surface area (Å²) in [6, 6.07) is 23.2. The maximum Gasteiger partial charge on any atom is 0.229 e. The standard InChI is InChI=1S/C24H23N3O4S/c1-30-19-12-10-16(11-13-19)24-27-22(20-8-3-4-9-23(20)31-24)15-21(25-27)17-6-5-7-18(14-17)26-32(2,28)29/h3-14,22,24,26H,15H2,1-2H3/t22-,24-/m0/s1. The first-order valence-electron chi connectivity index (χ1n) is 10.2. The molecule has 5 rings (SSSR count). The first-order valence-corrected chi connectivity index (χ1v) is 12.1. The number of benzene rings is 3. The molecule has 0 aliphatic carbocycles. The van der Waals surface area contributed by atoms with Gasteiger partial charge in [-0.05, 0) is 48.0 Å². The Labute approximate surface area is 187 Å². The minimum absolute atomic E-state index is 0.0218. The maximum absolute atomic E-state index is 11.6. The first kappa shape index (κ1) is 20.4. The molecule has 0 spiro atoms. The van der Waals surface area contributed by atoms with Gasteiger partial charge in [0.05, 0.1) is 25.1 Å². The van der Waals surface area contributed by atoms with Crippen LogP contribution in [0.15, 0.2) is 77.9 Å². The fraction of sp³-hybridized carbons (Fsp3) is 0.208. The Morgan fingerprint density at radius 1 is 1.06 bits per heavy atom. The van der Waals surface area contributed by atoms with E-state index in [-0.39, 0.29) is 12.3 Å². The molecular weight excluding hydrogens is 426 g/mol. The van der Waals surface area contributed by atoms with E-state index in [0.717, 1.165) is 40.2 Å². The summed E-state index contributed by atoms with van der Waals surface area (Å²) >= 11 is 0. The summed E-state index contributed by atoms with van der Waals surface area (Å²) in [4.78, 5) is 0. The van der Waals surface area contributed by atoms with Gasteiger partial charge in [0.25, 0.3) is 0 Å². The lowest BCUT2D eigenvalue weighted by Crippen LogP contribution is -2.33. The van der Waals surface area contributed by atoms with Gasteiger partial charge in [-0.3, -0.25) is 4.72 Å². The van der Waals surface area contributed by atoms with E-state index in [1.807, 2.05) is 65.7 Å². The average molecular weight is 450 g/mol. The molecule has 2 aliphatic heterocycles. The third-order valence-corrected chi connectivity index (χ3v) is 6.21. The second-order valence-electron chi connectivity index (χ2n) is 7.88. The zero-order valence-electron chi connectivity index (χ0n) is 17.7. The van der Waals surface area contributed by atoms with Gasteiger partial charge in [0.2, 0.25) is 16.3 Å². The molecule has 3 aromatic carbocycles. The van der Waals surface area contributed by atoms with Gasteiger partial charge in [0.15, 0.2) is 0 Å². The van der Waals surface area contributed by atoms with Crippen LogP contribution in [0.2, 0.25) is 0 Å². The lowest BCUT2D eigenvalue weighted by molar-refractivity contribution is -0.0190. The fourth-order valence-electron chi connectivity index (χ4n) is 4.17. The predicted molar refractivity (Wildman–Crippen MR) is 123 cm³/mol. The third-order valence-electron chi connectivity index (χ3n) is 5.60. The molecule has 0 saturated carbocycles. The van der Waals surface area contributed by atoms with Gasteiger partial charge in [0, 0.05) is 23.2 Å². The minimum atomic E-state index is -3.36. The number of para-hydroxylation sites is 1. The number of hydrogen-bond acceptors (Lipinski definition) is 6. The molecule has 0 aromatic heterocycles. The Morgan fingerprint density at radius 2 is 1.84 bits per heavy atom. The molecule has 0 unspecified atom stereocenters. The van der Waals surface area contributed by atoms with Gasteiger partial charge < -0.3 is 9.47 Å². The topological polar surface area (TPSA) is 80.2 Å². The molecule has 0 fully saturated rings. The van der Waals surface area contributed by atoms with Crippen molar-refractivity contribution in [3.05, 3.63) is 89.5 Å². The van der Waals surface area contributed by atoms with Crippen molar-refractivity contribution in [1.29, 1.82) is 0 Å². The van der Waals surface area contributed by atoms with Crippen LogP contribution in [0.4, 0.5) is 5.69 Å². The molecule has 32 heavy (non-hydrogen) atoms. The lowest BCUT2D eigenvalue weighted by atomic mass is 9.96. The Kier molecular flexibility index (Phi) is 5.01. The van der Waals surface area contributed by atoms with Crippen LogP contribution in [0.1, 0.15) is 35.4 Å². The van der Waals surface area contributed by atoms with Crippen LogP contribution in [-0.2, 0) is 10.0 Å². The van der Waals surface area contributed by atoms with E-state index in [2.05, 4.69) is 10.8 Å². The van der Waals surface area contributed by atoms with Gasteiger partial charge in [-0.1, -0.05) is 30.3 Å². The van der Waals surface area contributed by atoms with E-state index in [4.69, 9.17) is 14.6 Å². The molecule has 164 valence electrons. The van der Waals surface area contributed by atoms with Crippen LogP contribution in [0.5, 0.6) is 11.5 Å². The summed E-state index contributed by atoms with van der Waals surface area (Å²) in [6.45, 7) is 0. The number of ether oxygens (including phenoxy) is 2. The third kappa shape index (κ3) is 3.89. The minimum Gasteiger partial charge on any atom is -0.497 e. The van der Waals surface area contributed by atoms with Crippen LogP contribution in [0.25, 0.3) is 0 Å². The van der Waals surface area contributed by atoms with Crippen LogP contribution in [-0.4, -0.2) is 32.5 Å². The Hall–Kier alpha value is -3.52. The summed E-state index contributed by atoms with van der Waals surface area (Å²) in [5.41, 5.74) is 4.33. The molecule has 8 heteroatoms. The van der Waals surface area contributed by atoms with Crippen LogP contribution in [0, 0.1) is 0 Å². The average Bonchev–Trinajstić information content (AvgIpc) is 3.24. The van der Waals surface area contributed by atoms with Crippen LogP contribution in [0.3, 0.4) is 0 Å². The van der Waals surface area contributed by atoms with Crippen molar-refractivity contribution in [1.82, 2.24) is 5.01 Å². The van der Waals surface area contributed by atoms with Crippen molar-refractivity contribution in [3.63, 3.8) is 0 Å². The zero-order chi connectivity index (χ0) is 22.3. The molecule has 7 nitrogen and oxygen atoms in total. The number of anilines is 1. The highest BCUT2D eigenvalue weighted by molar-refractivity contribution is 7.92. The second kappa shape index (κ2) is 7.87. The Morgan fingerprint density at radius 3 is 2.59 bits per heavy atom. The van der Waals surface area contributed by atoms with Crippen LogP contribution < -0.4 is 14.2 Å². The fourth-order valence-corrected chi connectivity index (χ4v) is 4.73. The summed E-state index contributed by atoms with van der Waals surface area (Å²) in [5.74, 6) is 1.63. The SMILES string of the molecule is COc1ccc([C@@H]2Oc3ccccc3[C@@H]3CC(c4cccc(NS(C)(=O)=O)c4)=NN32)cc1. The number of rotatable bonds is 5. The molecule has 0 bridgehead atoms. The zero-order valence-corrected chi connectivity index (χ0v) is 18.5. The van der Waals surface area contributed by atoms with E-state index in [9.17, 15) is 8.42 Å². The Bertz CT molecular complexity index is 1290. The summed E-state index contributed by atoms with van der Waals surface area (Å²) < 4.78 is 37.5. The molecule has 1 N–H and O–H groups in total. The summed E-state index contributed by atoms with van der Waals surface area (Å²) in [6.07, 6.45) is 1.45. The van der Waals surface area contributed by atoms with Crippen molar-refractivity contribution in [2.75, 3.05) is 18.1 Å². The number of hydrazone groups is 1. The van der Waals surface area contributed by atoms with Crippen molar-refractivity contribution < 1.29 is 17.9 Å². The molecule has 0 saturated heterocycles. The molecule has 3 aromatic rings. The van der Waals surface area contributed by atoms with Crippen molar-refractivity contribution in [2.24, 2.45) is 5.10 Å². The number of nitrogens with one attached hydrogen (secondary N) is 1. The highest BCUT2D eigenvalue weighted by atomic mass is 32.2. The molecule has 0 radical (unpaired) electrons. The molecule has 2 heterocycles. The highest BCUT2D eigenvalue weighted by Gasteiger charge is 2.40.